The van der Waals surface area contributed by atoms with E-state index in [0.717, 1.165) is 49.4 Å². The van der Waals surface area contributed by atoms with Crippen molar-refractivity contribution >= 4 is 28.5 Å². The predicted molar refractivity (Wildman–Crippen MR) is 125 cm³/mol. The third-order valence-corrected chi connectivity index (χ3v) is 6.14. The Kier molecular flexibility index (Phi) is 5.81. The second-order valence-corrected chi connectivity index (χ2v) is 8.34. The first-order valence-electron chi connectivity index (χ1n) is 11.3. The average Bonchev–Trinajstić information content (AvgIpc) is 3.48. The molecule has 3 N–H and O–H groups in total. The highest BCUT2D eigenvalue weighted by atomic mass is 16.5. The molecule has 0 aromatic carbocycles. The molecule has 0 unspecified atom stereocenters. The quantitative estimate of drug-likeness (QED) is 0.397. The minimum absolute atomic E-state index is 0.108. The molecule has 1 atom stereocenters. The van der Waals surface area contributed by atoms with Gasteiger partial charge in [0.1, 0.15) is 22.9 Å². The van der Waals surface area contributed by atoms with Gasteiger partial charge in [-0.25, -0.2) is 15.0 Å². The summed E-state index contributed by atoms with van der Waals surface area (Å²) in [6, 6.07) is 2.08. The van der Waals surface area contributed by atoms with E-state index in [1.807, 2.05) is 6.20 Å². The van der Waals surface area contributed by atoms with Crippen LogP contribution in [0.25, 0.3) is 22.6 Å². The number of fused-ring (bicyclic) bond motifs is 1. The Morgan fingerprint density at radius 3 is 2.76 bits per heavy atom. The summed E-state index contributed by atoms with van der Waals surface area (Å²) in [5.41, 5.74) is 2.47. The molecule has 3 aromatic rings. The number of rotatable bonds is 5. The molecule has 0 aliphatic carbocycles. The summed E-state index contributed by atoms with van der Waals surface area (Å²) >= 11 is 0. The van der Waals surface area contributed by atoms with E-state index < -0.39 is 0 Å². The standard InChI is InChI=1S/C22H29N9O2/c1-14(23)30-13-17(27-21(25-2)20(30)24)22-28-16-11-26-19(29-5-8-32-9-6-29)10-18(16)31(22)12-15-4-3-7-33-15/h10-11,13,15,23-24H,3-9,12H2,1-2H3,(H,25,27)/t15-/m0/s1. The van der Waals surface area contributed by atoms with E-state index in [-0.39, 0.29) is 17.4 Å². The fourth-order valence-corrected chi connectivity index (χ4v) is 4.41. The summed E-state index contributed by atoms with van der Waals surface area (Å²) < 4.78 is 15.1. The number of hydrogen-bond acceptors (Lipinski definition) is 9. The number of imidazole rings is 1. The van der Waals surface area contributed by atoms with E-state index in [1.54, 1.807) is 20.2 Å². The maximum atomic E-state index is 8.34. The highest BCUT2D eigenvalue weighted by Gasteiger charge is 2.23. The molecule has 2 fully saturated rings. The molecule has 0 bridgehead atoms. The smallest absolute Gasteiger partial charge is 0.173 e. The number of nitrogens with zero attached hydrogens (tertiary/aromatic N) is 6. The lowest BCUT2D eigenvalue weighted by Gasteiger charge is -2.27. The van der Waals surface area contributed by atoms with Crippen molar-refractivity contribution in [3.63, 3.8) is 0 Å². The number of morpholine rings is 1. The Hall–Kier alpha value is -3.31. The van der Waals surface area contributed by atoms with Crippen molar-refractivity contribution in [2.24, 2.45) is 0 Å². The molecule has 2 aliphatic rings. The van der Waals surface area contributed by atoms with E-state index in [9.17, 15) is 0 Å². The maximum absolute atomic E-state index is 8.34. The largest absolute Gasteiger partial charge is 0.378 e. The number of anilines is 2. The van der Waals surface area contributed by atoms with Crippen LogP contribution in [0, 0.1) is 10.8 Å². The van der Waals surface area contributed by atoms with Crippen molar-refractivity contribution in [1.29, 1.82) is 10.8 Å². The Morgan fingerprint density at radius 1 is 1.24 bits per heavy atom. The minimum atomic E-state index is 0.108. The van der Waals surface area contributed by atoms with E-state index in [2.05, 4.69) is 30.8 Å². The number of pyridine rings is 1. The molecule has 0 amide bonds. The molecule has 0 radical (unpaired) electrons. The monoisotopic (exact) mass is 451 g/mol. The molecule has 5 rings (SSSR count). The third kappa shape index (κ3) is 4.09. The topological polar surface area (TPSA) is 130 Å². The van der Waals surface area contributed by atoms with Gasteiger partial charge in [0.2, 0.25) is 0 Å². The normalized spacial score (nSPS) is 18.7. The van der Waals surface area contributed by atoms with Crippen molar-refractivity contribution in [1.82, 2.24) is 24.1 Å². The summed E-state index contributed by atoms with van der Waals surface area (Å²) in [5.74, 6) is 2.20. The van der Waals surface area contributed by atoms with Gasteiger partial charge in [-0.15, -0.1) is 0 Å². The van der Waals surface area contributed by atoms with Crippen LogP contribution in [0.15, 0.2) is 18.5 Å². The Labute approximate surface area is 191 Å². The first kappa shape index (κ1) is 21.5. The molecule has 2 aliphatic heterocycles. The van der Waals surface area contributed by atoms with Crippen molar-refractivity contribution in [2.75, 3.05) is 50.2 Å². The molecule has 0 saturated carbocycles. The first-order valence-corrected chi connectivity index (χ1v) is 11.3. The lowest BCUT2D eigenvalue weighted by Crippen LogP contribution is -2.36. The lowest BCUT2D eigenvalue weighted by atomic mass is 10.2. The maximum Gasteiger partial charge on any atom is 0.173 e. The number of nitrogens with one attached hydrogen (secondary N) is 3. The molecule has 0 spiro atoms. The highest BCUT2D eigenvalue weighted by molar-refractivity contribution is 5.83. The summed E-state index contributed by atoms with van der Waals surface area (Å²) in [7, 11) is 1.72. The molecule has 174 valence electrons. The molecule has 11 nitrogen and oxygen atoms in total. The Bertz CT molecular complexity index is 1240. The minimum Gasteiger partial charge on any atom is -0.378 e. The van der Waals surface area contributed by atoms with Gasteiger partial charge in [0.15, 0.2) is 17.1 Å². The SMILES string of the molecule is CNc1nc(-c2nc3cnc(N4CCOCC4)cc3n2C[C@@H]2CCCO2)cn(C(C)=N)c1=N. The van der Waals surface area contributed by atoms with Crippen LogP contribution in [0.3, 0.4) is 0 Å². The summed E-state index contributed by atoms with van der Waals surface area (Å²) in [4.78, 5) is 16.4. The van der Waals surface area contributed by atoms with Gasteiger partial charge in [-0.1, -0.05) is 0 Å². The van der Waals surface area contributed by atoms with E-state index >= 15 is 0 Å². The molecule has 5 heterocycles. The van der Waals surface area contributed by atoms with E-state index in [1.165, 1.54) is 4.57 Å². The fourth-order valence-electron chi connectivity index (χ4n) is 4.41. The van der Waals surface area contributed by atoms with Crippen LogP contribution in [0.5, 0.6) is 0 Å². The van der Waals surface area contributed by atoms with E-state index in [4.69, 9.17) is 25.3 Å². The summed E-state index contributed by atoms with van der Waals surface area (Å²) in [5, 5.41) is 19.4. The van der Waals surface area contributed by atoms with Crippen molar-refractivity contribution < 1.29 is 9.47 Å². The van der Waals surface area contributed by atoms with E-state index in [0.29, 0.717) is 37.1 Å². The van der Waals surface area contributed by atoms with Gasteiger partial charge in [-0.05, 0) is 19.8 Å². The Balaban J connectivity index is 1.67. The van der Waals surface area contributed by atoms with Crippen molar-refractivity contribution in [2.45, 2.75) is 32.4 Å². The average molecular weight is 452 g/mol. The van der Waals surface area contributed by atoms with Gasteiger partial charge in [0, 0.05) is 39.0 Å². The first-order chi connectivity index (χ1) is 16.0. The van der Waals surface area contributed by atoms with Crippen LogP contribution >= 0.6 is 0 Å². The summed E-state index contributed by atoms with van der Waals surface area (Å²) in [6.07, 6.45) is 5.67. The van der Waals surface area contributed by atoms with Gasteiger partial charge >= 0.3 is 0 Å². The van der Waals surface area contributed by atoms with Crippen LogP contribution in [-0.2, 0) is 16.0 Å². The van der Waals surface area contributed by atoms with Crippen LogP contribution < -0.4 is 15.7 Å². The van der Waals surface area contributed by atoms with Crippen LogP contribution in [0.2, 0.25) is 0 Å². The highest BCUT2D eigenvalue weighted by Crippen LogP contribution is 2.28. The number of ether oxygens (including phenoxy) is 2. The van der Waals surface area contributed by atoms with Gasteiger partial charge in [0.25, 0.3) is 0 Å². The zero-order valence-corrected chi connectivity index (χ0v) is 19.0. The van der Waals surface area contributed by atoms with Crippen molar-refractivity contribution in [3.05, 3.63) is 23.9 Å². The molecular formula is C22H29N9O2. The number of hydrogen-bond donors (Lipinski definition) is 3. The second-order valence-electron chi connectivity index (χ2n) is 8.34. The zero-order valence-electron chi connectivity index (χ0n) is 19.0. The zero-order chi connectivity index (χ0) is 22.9. The fraction of sp³-hybridized carbons (Fsp3) is 0.500. The van der Waals surface area contributed by atoms with Crippen LogP contribution in [0.4, 0.5) is 11.6 Å². The Morgan fingerprint density at radius 2 is 2.06 bits per heavy atom. The predicted octanol–water partition coefficient (Wildman–Crippen LogP) is 1.68. The van der Waals surface area contributed by atoms with Gasteiger partial charge in [-0.3, -0.25) is 15.4 Å². The molecule has 3 aromatic heterocycles. The lowest BCUT2D eigenvalue weighted by molar-refractivity contribution is 0.0982. The molecule has 2 saturated heterocycles. The summed E-state index contributed by atoms with van der Waals surface area (Å²) in [6.45, 7) is 6.08. The van der Waals surface area contributed by atoms with Gasteiger partial charge in [0.05, 0.1) is 37.6 Å². The molecule has 33 heavy (non-hydrogen) atoms. The second kappa shape index (κ2) is 8.91. The van der Waals surface area contributed by atoms with Crippen LogP contribution in [0.1, 0.15) is 19.8 Å². The van der Waals surface area contributed by atoms with Crippen LogP contribution in [-0.4, -0.2) is 76.0 Å². The molecular weight excluding hydrogens is 422 g/mol. The molecule has 11 heteroatoms. The number of aromatic nitrogens is 5. The third-order valence-electron chi connectivity index (χ3n) is 6.14. The van der Waals surface area contributed by atoms with Gasteiger partial charge < -0.3 is 24.3 Å². The van der Waals surface area contributed by atoms with Gasteiger partial charge in [-0.2, -0.15) is 0 Å². The van der Waals surface area contributed by atoms with Crippen molar-refractivity contribution in [3.8, 4) is 11.5 Å².